The highest BCUT2D eigenvalue weighted by molar-refractivity contribution is 5.66. The van der Waals surface area contributed by atoms with Crippen molar-refractivity contribution in [3.63, 3.8) is 0 Å². The van der Waals surface area contributed by atoms with E-state index in [9.17, 15) is 4.79 Å². The van der Waals surface area contributed by atoms with Crippen molar-refractivity contribution in [2.75, 3.05) is 6.54 Å². The van der Waals surface area contributed by atoms with Gasteiger partial charge in [-0.1, -0.05) is 13.3 Å². The molecule has 0 spiro atoms. The van der Waals surface area contributed by atoms with Crippen LogP contribution in [0.4, 0.5) is 0 Å². The van der Waals surface area contributed by atoms with E-state index < -0.39 is 5.97 Å². The molecular formula is C13H25N5O2. The van der Waals surface area contributed by atoms with Gasteiger partial charge in [0, 0.05) is 19.0 Å². The van der Waals surface area contributed by atoms with Crippen molar-refractivity contribution < 1.29 is 9.90 Å². The summed E-state index contributed by atoms with van der Waals surface area (Å²) < 4.78 is 1.84. The number of hydrogen-bond donors (Lipinski definition) is 1. The van der Waals surface area contributed by atoms with Crippen LogP contribution in [0, 0.1) is 0 Å². The van der Waals surface area contributed by atoms with E-state index in [1.807, 2.05) is 4.68 Å². The zero-order valence-electron chi connectivity index (χ0n) is 12.6. The third kappa shape index (κ3) is 5.64. The van der Waals surface area contributed by atoms with Gasteiger partial charge in [0.1, 0.15) is 0 Å². The second-order valence-electron chi connectivity index (χ2n) is 5.23. The molecule has 1 aromatic rings. The molecule has 1 aromatic heterocycles. The van der Waals surface area contributed by atoms with Crippen LogP contribution in [0.15, 0.2) is 0 Å². The number of carboxylic acid groups (broad SMARTS) is 1. The molecule has 20 heavy (non-hydrogen) atoms. The van der Waals surface area contributed by atoms with Crippen molar-refractivity contribution in [2.24, 2.45) is 0 Å². The number of aliphatic carboxylic acids is 1. The van der Waals surface area contributed by atoms with Crippen molar-refractivity contribution in [2.45, 2.75) is 65.6 Å². The van der Waals surface area contributed by atoms with Crippen LogP contribution in [0.3, 0.4) is 0 Å². The Morgan fingerprint density at radius 2 is 2.15 bits per heavy atom. The first-order chi connectivity index (χ1) is 9.54. The van der Waals surface area contributed by atoms with Crippen molar-refractivity contribution in [3.8, 4) is 0 Å². The molecule has 0 radical (unpaired) electrons. The molecule has 0 saturated heterocycles. The van der Waals surface area contributed by atoms with Gasteiger partial charge in [0.2, 0.25) is 0 Å². The Morgan fingerprint density at radius 1 is 1.40 bits per heavy atom. The van der Waals surface area contributed by atoms with Crippen LogP contribution in [0.5, 0.6) is 0 Å². The Bertz CT molecular complexity index is 405. The summed E-state index contributed by atoms with van der Waals surface area (Å²) in [5.41, 5.74) is 0. The van der Waals surface area contributed by atoms with Crippen LogP contribution in [0.2, 0.25) is 0 Å². The average molecular weight is 283 g/mol. The van der Waals surface area contributed by atoms with Gasteiger partial charge < -0.3 is 5.11 Å². The number of aromatic nitrogens is 4. The zero-order valence-corrected chi connectivity index (χ0v) is 12.6. The number of hydrogen-bond acceptors (Lipinski definition) is 5. The minimum absolute atomic E-state index is 0.198. The van der Waals surface area contributed by atoms with Crippen molar-refractivity contribution >= 4 is 5.97 Å². The number of carboxylic acids is 1. The minimum Gasteiger partial charge on any atom is -0.481 e. The van der Waals surface area contributed by atoms with Crippen LogP contribution < -0.4 is 0 Å². The van der Waals surface area contributed by atoms with E-state index in [-0.39, 0.29) is 6.42 Å². The number of tetrazole rings is 1. The Labute approximate surface area is 120 Å². The Balaban J connectivity index is 2.56. The normalized spacial score (nSPS) is 11.4. The van der Waals surface area contributed by atoms with E-state index in [0.717, 1.165) is 31.8 Å². The summed E-state index contributed by atoms with van der Waals surface area (Å²) in [7, 11) is 0. The maximum atomic E-state index is 10.6. The summed E-state index contributed by atoms with van der Waals surface area (Å²) in [6, 6.07) is 0.333. The first-order valence-electron chi connectivity index (χ1n) is 7.25. The first kappa shape index (κ1) is 16.6. The van der Waals surface area contributed by atoms with Crippen LogP contribution in [-0.4, -0.2) is 48.8 Å². The van der Waals surface area contributed by atoms with Gasteiger partial charge in [-0.15, -0.1) is 5.10 Å². The molecule has 0 aliphatic carbocycles. The quantitative estimate of drug-likeness (QED) is 0.701. The lowest BCUT2D eigenvalue weighted by Gasteiger charge is -2.25. The summed E-state index contributed by atoms with van der Waals surface area (Å²) in [4.78, 5) is 12.8. The number of unbranched alkanes of at least 4 members (excludes halogenated alkanes) is 1. The Morgan fingerprint density at radius 3 is 2.75 bits per heavy atom. The number of aryl methyl sites for hydroxylation is 1. The molecular weight excluding hydrogens is 258 g/mol. The predicted octanol–water partition coefficient (Wildman–Crippen LogP) is 1.55. The van der Waals surface area contributed by atoms with E-state index in [1.54, 1.807) is 0 Å². The molecule has 0 amide bonds. The summed E-state index contributed by atoms with van der Waals surface area (Å²) in [6.07, 6.45) is 3.00. The Hall–Kier alpha value is -1.50. The second kappa shape index (κ2) is 8.63. The summed E-state index contributed by atoms with van der Waals surface area (Å²) >= 11 is 0. The molecule has 1 rings (SSSR count). The molecule has 7 nitrogen and oxygen atoms in total. The number of rotatable bonds is 10. The monoisotopic (exact) mass is 283 g/mol. The molecule has 1 N–H and O–H groups in total. The molecule has 0 bridgehead atoms. The summed E-state index contributed by atoms with van der Waals surface area (Å²) in [5.74, 6) is 0.101. The molecule has 1 heterocycles. The topological polar surface area (TPSA) is 84.1 Å². The molecule has 0 fully saturated rings. The molecule has 7 heteroatoms. The van der Waals surface area contributed by atoms with E-state index in [0.29, 0.717) is 19.0 Å². The summed E-state index contributed by atoms with van der Waals surface area (Å²) in [5, 5.41) is 20.5. The van der Waals surface area contributed by atoms with Gasteiger partial charge in [-0.3, -0.25) is 9.69 Å². The maximum absolute atomic E-state index is 10.6. The molecule has 0 saturated carbocycles. The van der Waals surface area contributed by atoms with Gasteiger partial charge in [0.25, 0.3) is 0 Å². The van der Waals surface area contributed by atoms with E-state index in [1.165, 1.54) is 0 Å². The lowest BCUT2D eigenvalue weighted by atomic mass is 10.2. The second-order valence-corrected chi connectivity index (χ2v) is 5.23. The standard InChI is InChI=1S/C13H25N5O2/c1-4-5-9-18-12(14-15-16-18)10-17(11(2)3)8-6-7-13(19)20/h11H,4-10H2,1-3H3,(H,19,20). The van der Waals surface area contributed by atoms with Crippen LogP contribution >= 0.6 is 0 Å². The van der Waals surface area contributed by atoms with Crippen LogP contribution in [-0.2, 0) is 17.9 Å². The van der Waals surface area contributed by atoms with Crippen LogP contribution in [0.1, 0.15) is 52.3 Å². The fourth-order valence-corrected chi connectivity index (χ4v) is 1.95. The highest BCUT2D eigenvalue weighted by atomic mass is 16.4. The van der Waals surface area contributed by atoms with Gasteiger partial charge >= 0.3 is 5.97 Å². The molecule has 114 valence electrons. The highest BCUT2D eigenvalue weighted by Gasteiger charge is 2.15. The van der Waals surface area contributed by atoms with Gasteiger partial charge in [0.15, 0.2) is 5.82 Å². The van der Waals surface area contributed by atoms with E-state index in [2.05, 4.69) is 41.2 Å². The smallest absolute Gasteiger partial charge is 0.303 e. The first-order valence-corrected chi connectivity index (χ1v) is 7.25. The van der Waals surface area contributed by atoms with Crippen LogP contribution in [0.25, 0.3) is 0 Å². The minimum atomic E-state index is -0.749. The van der Waals surface area contributed by atoms with Gasteiger partial charge in [-0.05, 0) is 43.7 Å². The third-order valence-electron chi connectivity index (χ3n) is 3.24. The molecule has 0 aliphatic heterocycles. The van der Waals surface area contributed by atoms with Crippen molar-refractivity contribution in [1.82, 2.24) is 25.1 Å². The number of nitrogens with zero attached hydrogens (tertiary/aromatic N) is 5. The third-order valence-corrected chi connectivity index (χ3v) is 3.24. The molecule has 0 aliphatic rings. The zero-order chi connectivity index (χ0) is 15.0. The average Bonchev–Trinajstić information content (AvgIpc) is 2.81. The molecule has 0 unspecified atom stereocenters. The predicted molar refractivity (Wildman–Crippen MR) is 75.1 cm³/mol. The van der Waals surface area contributed by atoms with Gasteiger partial charge in [0.05, 0.1) is 6.54 Å². The van der Waals surface area contributed by atoms with E-state index >= 15 is 0 Å². The SMILES string of the molecule is CCCCn1nnnc1CN(CCCC(=O)O)C(C)C. The van der Waals surface area contributed by atoms with E-state index in [4.69, 9.17) is 5.11 Å². The largest absolute Gasteiger partial charge is 0.481 e. The molecule has 0 aromatic carbocycles. The van der Waals surface area contributed by atoms with Gasteiger partial charge in [-0.25, -0.2) is 4.68 Å². The fraction of sp³-hybridized carbons (Fsp3) is 0.846. The Kier molecular flexibility index (Phi) is 7.14. The lowest BCUT2D eigenvalue weighted by Crippen LogP contribution is -2.33. The number of carbonyl (C=O) groups is 1. The maximum Gasteiger partial charge on any atom is 0.303 e. The van der Waals surface area contributed by atoms with Gasteiger partial charge in [-0.2, -0.15) is 0 Å². The van der Waals surface area contributed by atoms with Crippen molar-refractivity contribution in [3.05, 3.63) is 5.82 Å². The summed E-state index contributed by atoms with van der Waals surface area (Å²) in [6.45, 7) is 8.57. The lowest BCUT2D eigenvalue weighted by molar-refractivity contribution is -0.137. The van der Waals surface area contributed by atoms with Crippen molar-refractivity contribution in [1.29, 1.82) is 0 Å². The molecule has 0 atom stereocenters. The fourth-order valence-electron chi connectivity index (χ4n) is 1.95. The highest BCUT2D eigenvalue weighted by Crippen LogP contribution is 2.08.